The first kappa shape index (κ1) is 17.1. The minimum absolute atomic E-state index is 0.116. The average Bonchev–Trinajstić information content (AvgIpc) is 3.11. The van der Waals surface area contributed by atoms with Gasteiger partial charge in [-0.1, -0.05) is 18.2 Å². The van der Waals surface area contributed by atoms with Gasteiger partial charge in [0.15, 0.2) is 0 Å². The Labute approximate surface area is 146 Å². The van der Waals surface area contributed by atoms with E-state index in [1.807, 2.05) is 24.3 Å². The highest BCUT2D eigenvalue weighted by Gasteiger charge is 2.24. The molecule has 25 heavy (non-hydrogen) atoms. The number of carbonyl (C=O) groups excluding carboxylic acids is 1. The van der Waals surface area contributed by atoms with Gasteiger partial charge in [-0.15, -0.1) is 0 Å². The highest BCUT2D eigenvalue weighted by molar-refractivity contribution is 5.98. The van der Waals surface area contributed by atoms with Gasteiger partial charge in [0, 0.05) is 24.8 Å². The van der Waals surface area contributed by atoms with E-state index in [2.05, 4.69) is 5.32 Å². The molecule has 0 unspecified atom stereocenters. The van der Waals surface area contributed by atoms with Crippen LogP contribution in [0.1, 0.15) is 28.0 Å². The first-order valence-electron chi connectivity index (χ1n) is 8.36. The smallest absolute Gasteiger partial charge is 0.256 e. The van der Waals surface area contributed by atoms with Gasteiger partial charge >= 0.3 is 0 Å². The molecule has 0 saturated carbocycles. The summed E-state index contributed by atoms with van der Waals surface area (Å²) < 4.78 is 12.3. The van der Waals surface area contributed by atoms with Crippen molar-refractivity contribution in [1.82, 2.24) is 9.88 Å². The summed E-state index contributed by atoms with van der Waals surface area (Å²) in [6, 6.07) is 9.13. The Balaban J connectivity index is 1.76. The van der Waals surface area contributed by atoms with Crippen LogP contribution < -0.4 is 20.3 Å². The van der Waals surface area contributed by atoms with Crippen LogP contribution >= 0.6 is 0 Å². The molecule has 0 atom stereocenters. The first-order chi connectivity index (χ1) is 12.2. The maximum absolute atomic E-state index is 12.7. The predicted octanol–water partition coefficient (Wildman–Crippen LogP) is 1.78. The van der Waals surface area contributed by atoms with E-state index < -0.39 is 0 Å². The molecule has 1 N–H and O–H groups in total. The van der Waals surface area contributed by atoms with Crippen LogP contribution in [-0.2, 0) is 19.4 Å². The van der Waals surface area contributed by atoms with Crippen molar-refractivity contribution in [2.75, 3.05) is 20.8 Å². The number of amides is 1. The Morgan fingerprint density at radius 3 is 2.72 bits per heavy atom. The summed E-state index contributed by atoms with van der Waals surface area (Å²) in [6.45, 7) is 1.13. The Hall–Kier alpha value is -2.76. The standard InChI is InChI=1S/C19H22N2O4/c1-24-15-8-4-3-6-13(15)9-10-20-19(23)18-14-7-5-11-21(14)17(22)12-16(18)25-2/h3-4,6,8,12H,5,7,9-11H2,1-2H3,(H,20,23). The lowest BCUT2D eigenvalue weighted by Crippen LogP contribution is -2.30. The minimum atomic E-state index is -0.211. The van der Waals surface area contributed by atoms with Gasteiger partial charge in [0.05, 0.1) is 14.2 Å². The van der Waals surface area contributed by atoms with Crippen LogP contribution in [0.2, 0.25) is 0 Å². The molecule has 0 fully saturated rings. The number of ether oxygens (including phenoxy) is 2. The molecular weight excluding hydrogens is 320 g/mol. The maximum atomic E-state index is 12.7. The number of benzene rings is 1. The molecule has 6 heteroatoms. The molecule has 2 aromatic rings. The van der Waals surface area contributed by atoms with Crippen molar-refractivity contribution in [3.8, 4) is 11.5 Å². The number of nitrogens with one attached hydrogen (secondary N) is 1. The van der Waals surface area contributed by atoms with Gasteiger partial charge in [-0.3, -0.25) is 9.59 Å². The molecule has 2 heterocycles. The number of fused-ring (bicyclic) bond motifs is 1. The molecule has 1 amide bonds. The number of pyridine rings is 1. The summed E-state index contributed by atoms with van der Waals surface area (Å²) in [6.07, 6.45) is 2.23. The monoisotopic (exact) mass is 342 g/mol. The number of nitrogens with zero attached hydrogens (tertiary/aromatic N) is 1. The second kappa shape index (κ2) is 7.42. The van der Waals surface area contributed by atoms with E-state index in [9.17, 15) is 9.59 Å². The van der Waals surface area contributed by atoms with Crippen LogP contribution in [0.25, 0.3) is 0 Å². The van der Waals surface area contributed by atoms with Gasteiger partial charge < -0.3 is 19.4 Å². The zero-order chi connectivity index (χ0) is 17.8. The molecule has 0 radical (unpaired) electrons. The van der Waals surface area contributed by atoms with Crippen molar-refractivity contribution in [3.63, 3.8) is 0 Å². The van der Waals surface area contributed by atoms with E-state index in [-0.39, 0.29) is 11.5 Å². The molecule has 1 aromatic carbocycles. The Morgan fingerprint density at radius 1 is 1.20 bits per heavy atom. The van der Waals surface area contributed by atoms with Crippen LogP contribution in [-0.4, -0.2) is 31.2 Å². The van der Waals surface area contributed by atoms with Crippen LogP contribution in [0, 0.1) is 0 Å². The molecule has 0 bridgehead atoms. The normalized spacial score (nSPS) is 12.6. The van der Waals surface area contributed by atoms with Crippen molar-refractivity contribution >= 4 is 5.91 Å². The van der Waals surface area contributed by atoms with E-state index in [4.69, 9.17) is 9.47 Å². The molecule has 6 nitrogen and oxygen atoms in total. The highest BCUT2D eigenvalue weighted by atomic mass is 16.5. The van der Waals surface area contributed by atoms with Crippen molar-refractivity contribution in [3.05, 3.63) is 57.5 Å². The maximum Gasteiger partial charge on any atom is 0.256 e. The second-order valence-corrected chi connectivity index (χ2v) is 5.95. The largest absolute Gasteiger partial charge is 0.496 e. The van der Waals surface area contributed by atoms with Gasteiger partial charge in [0.2, 0.25) is 0 Å². The van der Waals surface area contributed by atoms with Gasteiger partial charge in [-0.05, 0) is 30.9 Å². The lowest BCUT2D eigenvalue weighted by molar-refractivity contribution is 0.0949. The zero-order valence-electron chi connectivity index (χ0n) is 14.5. The summed E-state index contributed by atoms with van der Waals surface area (Å²) >= 11 is 0. The molecular formula is C19H22N2O4. The Bertz CT molecular complexity index is 842. The fraction of sp³-hybridized carbons (Fsp3) is 0.368. The summed E-state index contributed by atoms with van der Waals surface area (Å²) in [5.74, 6) is 0.937. The van der Waals surface area contributed by atoms with E-state index in [0.717, 1.165) is 23.4 Å². The third-order valence-corrected chi connectivity index (χ3v) is 4.50. The molecule has 3 rings (SSSR count). The summed E-state index contributed by atoms with van der Waals surface area (Å²) in [4.78, 5) is 24.8. The van der Waals surface area contributed by atoms with Crippen LogP contribution in [0.5, 0.6) is 11.5 Å². The zero-order valence-corrected chi connectivity index (χ0v) is 14.5. The number of carbonyl (C=O) groups is 1. The number of hydrogen-bond acceptors (Lipinski definition) is 4. The fourth-order valence-corrected chi connectivity index (χ4v) is 3.29. The number of methoxy groups -OCH3 is 2. The van der Waals surface area contributed by atoms with Gasteiger partial charge in [0.1, 0.15) is 17.1 Å². The first-order valence-corrected chi connectivity index (χ1v) is 8.36. The fourth-order valence-electron chi connectivity index (χ4n) is 3.29. The third-order valence-electron chi connectivity index (χ3n) is 4.50. The Morgan fingerprint density at radius 2 is 1.96 bits per heavy atom. The van der Waals surface area contributed by atoms with Gasteiger partial charge in [-0.2, -0.15) is 0 Å². The van der Waals surface area contributed by atoms with E-state index in [0.29, 0.717) is 37.2 Å². The number of aromatic nitrogens is 1. The van der Waals surface area contributed by atoms with Crippen LogP contribution in [0.15, 0.2) is 35.1 Å². The highest BCUT2D eigenvalue weighted by Crippen LogP contribution is 2.25. The number of para-hydroxylation sites is 1. The van der Waals surface area contributed by atoms with Gasteiger partial charge in [0.25, 0.3) is 11.5 Å². The average molecular weight is 342 g/mol. The molecule has 0 aliphatic carbocycles. The quantitative estimate of drug-likeness (QED) is 0.869. The van der Waals surface area contributed by atoms with Crippen molar-refractivity contribution in [2.45, 2.75) is 25.8 Å². The van der Waals surface area contributed by atoms with E-state index in [1.165, 1.54) is 13.2 Å². The van der Waals surface area contributed by atoms with Gasteiger partial charge in [-0.25, -0.2) is 0 Å². The van der Waals surface area contributed by atoms with Crippen LogP contribution in [0.3, 0.4) is 0 Å². The van der Waals surface area contributed by atoms with Crippen molar-refractivity contribution in [1.29, 1.82) is 0 Å². The van der Waals surface area contributed by atoms with Crippen LogP contribution in [0.4, 0.5) is 0 Å². The Kier molecular flexibility index (Phi) is 5.07. The number of hydrogen-bond donors (Lipinski definition) is 1. The molecule has 0 saturated heterocycles. The summed E-state index contributed by atoms with van der Waals surface area (Å²) in [7, 11) is 3.11. The molecule has 1 aromatic heterocycles. The molecule has 0 spiro atoms. The van der Waals surface area contributed by atoms with Crippen molar-refractivity contribution in [2.24, 2.45) is 0 Å². The van der Waals surface area contributed by atoms with Crippen molar-refractivity contribution < 1.29 is 14.3 Å². The molecule has 1 aliphatic rings. The second-order valence-electron chi connectivity index (χ2n) is 5.95. The van der Waals surface area contributed by atoms with E-state index >= 15 is 0 Å². The molecule has 1 aliphatic heterocycles. The number of rotatable bonds is 6. The topological polar surface area (TPSA) is 69.6 Å². The minimum Gasteiger partial charge on any atom is -0.496 e. The third kappa shape index (κ3) is 3.38. The predicted molar refractivity (Wildman–Crippen MR) is 94.6 cm³/mol. The summed E-state index contributed by atoms with van der Waals surface area (Å²) in [5.41, 5.74) is 2.15. The molecule has 132 valence electrons. The lowest BCUT2D eigenvalue weighted by atomic mass is 10.1. The van der Waals surface area contributed by atoms with E-state index in [1.54, 1.807) is 11.7 Å². The lowest BCUT2D eigenvalue weighted by Gasteiger charge is -2.14. The summed E-state index contributed by atoms with van der Waals surface area (Å²) in [5, 5.41) is 2.93. The SMILES string of the molecule is COc1ccccc1CCNC(=O)c1c(OC)cc(=O)n2c1CCC2.